The first-order valence-corrected chi connectivity index (χ1v) is 25.2. The average Bonchev–Trinajstić information content (AvgIpc) is 3.99. The van der Waals surface area contributed by atoms with Crippen molar-refractivity contribution in [3.05, 3.63) is 130 Å². The normalized spacial score (nSPS) is 20.9. The van der Waals surface area contributed by atoms with Crippen LogP contribution < -0.4 is 0 Å². The number of rotatable bonds is 10. The Kier molecular flexibility index (Phi) is 14.6. The predicted molar refractivity (Wildman–Crippen MR) is 267 cm³/mol. The molecule has 4 aliphatic rings. The Morgan fingerprint density at radius 2 is 0.986 bits per heavy atom. The molecule has 2 N–H and O–H groups in total. The van der Waals surface area contributed by atoms with Crippen molar-refractivity contribution in [1.29, 1.82) is 0 Å². The molecule has 4 heterocycles. The lowest BCUT2D eigenvalue weighted by molar-refractivity contribution is -0.144. The van der Waals surface area contributed by atoms with Crippen LogP contribution in [0.2, 0.25) is 0 Å². The van der Waals surface area contributed by atoms with Gasteiger partial charge in [0.05, 0.1) is 61.2 Å². The number of methoxy groups -OCH3 is 2. The van der Waals surface area contributed by atoms with Gasteiger partial charge >= 0.3 is 24.1 Å². The summed E-state index contributed by atoms with van der Waals surface area (Å²) in [5.74, 6) is 0.112. The molecule has 2 aliphatic carbocycles. The van der Waals surface area contributed by atoms with E-state index in [1.54, 1.807) is 9.80 Å². The zero-order valence-corrected chi connectivity index (χ0v) is 40.9. The minimum atomic E-state index is -0.708. The van der Waals surface area contributed by atoms with Gasteiger partial charge in [-0.15, -0.1) is 0 Å². The fraction of sp³-hybridized carbons (Fsp3) is 0.464. The lowest BCUT2D eigenvalue weighted by Crippen LogP contribution is -2.35. The molecule has 6 aromatic rings. The van der Waals surface area contributed by atoms with Gasteiger partial charge in [0.15, 0.2) is 0 Å². The summed E-state index contributed by atoms with van der Waals surface area (Å²) < 4.78 is 14.7. The number of fused-ring (bicyclic) bond motifs is 6. The van der Waals surface area contributed by atoms with Crippen LogP contribution in [0.15, 0.2) is 84.9 Å². The van der Waals surface area contributed by atoms with E-state index in [1.807, 2.05) is 12.1 Å². The Morgan fingerprint density at radius 3 is 1.36 bits per heavy atom. The van der Waals surface area contributed by atoms with Gasteiger partial charge in [-0.3, -0.25) is 9.59 Å². The fourth-order valence-corrected chi connectivity index (χ4v) is 11.9. The molecule has 10 rings (SSSR count). The van der Waals surface area contributed by atoms with Gasteiger partial charge < -0.3 is 38.6 Å². The van der Waals surface area contributed by atoms with Crippen LogP contribution in [0.4, 0.5) is 9.59 Å². The maximum Gasteiger partial charge on any atom is 0.409 e. The molecule has 6 atom stereocenters. The highest BCUT2D eigenvalue weighted by Crippen LogP contribution is 2.42. The van der Waals surface area contributed by atoms with Gasteiger partial charge in [0.1, 0.15) is 11.6 Å². The predicted octanol–water partition coefficient (Wildman–Crippen LogP) is 10.6. The molecule has 2 aliphatic heterocycles. The Morgan fingerprint density at radius 1 is 0.586 bits per heavy atom. The highest BCUT2D eigenvalue weighted by molar-refractivity contribution is 5.84. The topological polar surface area (TPSA) is 169 Å². The van der Waals surface area contributed by atoms with Crippen molar-refractivity contribution in [3.8, 4) is 0 Å². The van der Waals surface area contributed by atoms with Gasteiger partial charge in [-0.25, -0.2) is 19.6 Å². The number of hydrogen-bond donors (Lipinski definition) is 2. The van der Waals surface area contributed by atoms with Crippen LogP contribution in [0.1, 0.15) is 134 Å². The Bertz CT molecular complexity index is 2670. The number of amides is 2. The molecule has 2 saturated carbocycles. The molecule has 1 unspecified atom stereocenters. The van der Waals surface area contributed by atoms with E-state index >= 15 is 0 Å². The van der Waals surface area contributed by atoms with E-state index < -0.39 is 11.9 Å². The van der Waals surface area contributed by atoms with Crippen molar-refractivity contribution in [1.82, 2.24) is 28.9 Å². The molecule has 368 valence electrons. The SMILES string of the molecule is COC(=O)N1CCc2ccc3c(nc(C4CCC[C@@H](C(=O)O)C4)n3[C@H](C)Cc3ccccc3)c2C1.COC(=O)N1CCc2ccc3c(nc([C@@H]4CCC[C@@H](C(=O)O)C4)n3[C@@H](C)Cc3ccccc3)c2C1. The van der Waals surface area contributed by atoms with E-state index in [0.717, 1.165) is 109 Å². The number of carbonyl (C=O) groups is 4. The van der Waals surface area contributed by atoms with E-state index in [1.165, 1.54) is 36.5 Å². The summed E-state index contributed by atoms with van der Waals surface area (Å²) in [6.07, 6.45) is 9.01. The monoisotopic (exact) mass is 950 g/mol. The fourth-order valence-electron chi connectivity index (χ4n) is 11.9. The van der Waals surface area contributed by atoms with Crippen molar-refractivity contribution in [2.75, 3.05) is 27.3 Å². The quantitative estimate of drug-likeness (QED) is 0.135. The van der Waals surface area contributed by atoms with E-state index in [0.29, 0.717) is 39.0 Å². The molecule has 14 nitrogen and oxygen atoms in total. The smallest absolute Gasteiger partial charge is 0.409 e. The van der Waals surface area contributed by atoms with E-state index in [2.05, 4.69) is 95.8 Å². The number of carboxylic acids is 2. The number of aromatic nitrogens is 4. The van der Waals surface area contributed by atoms with Gasteiger partial charge in [-0.2, -0.15) is 0 Å². The van der Waals surface area contributed by atoms with E-state index in [4.69, 9.17) is 19.4 Å². The molecular formula is C56H66N6O8. The van der Waals surface area contributed by atoms with E-state index in [-0.39, 0.29) is 47.9 Å². The minimum Gasteiger partial charge on any atom is -0.481 e. The van der Waals surface area contributed by atoms with Crippen LogP contribution >= 0.6 is 0 Å². The summed E-state index contributed by atoms with van der Waals surface area (Å²) in [6, 6.07) is 29.9. The lowest BCUT2D eigenvalue weighted by atomic mass is 9.81. The van der Waals surface area contributed by atoms with Crippen LogP contribution in [0, 0.1) is 11.8 Å². The average molecular weight is 951 g/mol. The number of ether oxygens (including phenoxy) is 2. The third kappa shape index (κ3) is 10.00. The number of carboxylic acid groups (broad SMARTS) is 2. The van der Waals surface area contributed by atoms with Crippen LogP contribution in [0.5, 0.6) is 0 Å². The third-order valence-electron chi connectivity index (χ3n) is 15.5. The largest absolute Gasteiger partial charge is 0.481 e. The first-order valence-electron chi connectivity index (χ1n) is 25.2. The molecule has 0 radical (unpaired) electrons. The summed E-state index contributed by atoms with van der Waals surface area (Å²) >= 11 is 0. The number of benzene rings is 4. The van der Waals surface area contributed by atoms with Crippen molar-refractivity contribution < 1.29 is 38.9 Å². The number of nitrogens with zero attached hydrogens (tertiary/aromatic N) is 6. The lowest BCUT2D eigenvalue weighted by Gasteiger charge is -2.28. The Hall–Kier alpha value is -6.70. The second-order valence-electron chi connectivity index (χ2n) is 20.0. The van der Waals surface area contributed by atoms with Crippen molar-refractivity contribution >= 4 is 46.2 Å². The third-order valence-corrected chi connectivity index (χ3v) is 15.5. The summed E-state index contributed by atoms with van der Waals surface area (Å²) in [4.78, 5) is 62.0. The maximum absolute atomic E-state index is 12.3. The van der Waals surface area contributed by atoms with Crippen LogP contribution in [-0.2, 0) is 57.8 Å². The minimum absolute atomic E-state index is 0.103. The first-order chi connectivity index (χ1) is 33.9. The van der Waals surface area contributed by atoms with Crippen molar-refractivity contribution in [2.24, 2.45) is 11.8 Å². The molecule has 0 bridgehead atoms. The van der Waals surface area contributed by atoms with Gasteiger partial charge in [0.25, 0.3) is 0 Å². The van der Waals surface area contributed by atoms with Gasteiger partial charge in [-0.05, 0) is 112 Å². The summed E-state index contributed by atoms with van der Waals surface area (Å²) in [5.41, 5.74) is 11.1. The summed E-state index contributed by atoms with van der Waals surface area (Å²) in [6.45, 7) is 6.65. The molecule has 2 fully saturated rings. The van der Waals surface area contributed by atoms with Gasteiger partial charge in [0.2, 0.25) is 0 Å². The standard InChI is InChI=1S/2C28H33N3O4/c2*1-18(15-19-7-4-3-5-8-19)31-24-12-11-20-13-14-30(28(34)35-2)17-23(20)25(24)29-26(31)21-9-6-10-22(16-21)27(32)33/h2*3-5,7-8,11-12,18,21-22H,6,9-10,13-17H2,1-2H3,(H,32,33)/t18-,21?,22-;18-,21+,22+/m10/s1. The molecule has 4 aromatic carbocycles. The highest BCUT2D eigenvalue weighted by atomic mass is 16.5. The van der Waals surface area contributed by atoms with Crippen molar-refractivity contribution in [3.63, 3.8) is 0 Å². The maximum atomic E-state index is 12.3. The number of imidazole rings is 2. The Labute approximate surface area is 409 Å². The van der Waals surface area contributed by atoms with Crippen LogP contribution in [-0.4, -0.2) is 90.5 Å². The molecule has 2 amide bonds. The zero-order chi connectivity index (χ0) is 49.1. The summed E-state index contributed by atoms with van der Waals surface area (Å²) in [7, 11) is 2.83. The second-order valence-corrected chi connectivity index (χ2v) is 20.0. The molecule has 0 spiro atoms. The number of aliphatic carboxylic acids is 2. The van der Waals surface area contributed by atoms with Crippen LogP contribution in [0.25, 0.3) is 22.1 Å². The molecular weight excluding hydrogens is 885 g/mol. The molecule has 2 aromatic heterocycles. The zero-order valence-electron chi connectivity index (χ0n) is 40.9. The van der Waals surface area contributed by atoms with Crippen molar-refractivity contribution in [2.45, 2.75) is 128 Å². The second kappa shape index (κ2) is 21.1. The number of hydrogen-bond acceptors (Lipinski definition) is 8. The highest BCUT2D eigenvalue weighted by Gasteiger charge is 2.36. The summed E-state index contributed by atoms with van der Waals surface area (Å²) in [5, 5.41) is 19.4. The first kappa shape index (κ1) is 48.3. The Balaban J connectivity index is 0.000000174. The number of carbonyl (C=O) groups excluding carboxylic acids is 2. The molecule has 14 heteroatoms. The van der Waals surface area contributed by atoms with E-state index in [9.17, 15) is 29.4 Å². The van der Waals surface area contributed by atoms with Gasteiger partial charge in [0, 0.05) is 48.1 Å². The van der Waals surface area contributed by atoms with Gasteiger partial charge in [-0.1, -0.05) is 85.6 Å². The molecule has 0 saturated heterocycles. The molecule has 70 heavy (non-hydrogen) atoms. The van der Waals surface area contributed by atoms with Crippen LogP contribution in [0.3, 0.4) is 0 Å².